The van der Waals surface area contributed by atoms with E-state index in [9.17, 15) is 0 Å². The molecule has 3 aromatic rings. The van der Waals surface area contributed by atoms with Crippen LogP contribution in [-0.4, -0.2) is 8.07 Å². The summed E-state index contributed by atoms with van der Waals surface area (Å²) in [5.74, 6) is 0. The van der Waals surface area contributed by atoms with Gasteiger partial charge in [0.15, 0.2) is 0 Å². The first kappa shape index (κ1) is 33.0. The Morgan fingerprint density at radius 2 is 0.889 bits per heavy atom. The molecule has 0 nitrogen and oxygen atoms in total. The van der Waals surface area contributed by atoms with Gasteiger partial charge in [0.25, 0.3) is 0 Å². The molecule has 0 heterocycles. The van der Waals surface area contributed by atoms with Gasteiger partial charge >= 0.3 is 214 Å². The van der Waals surface area contributed by atoms with E-state index < -0.39 is 8.07 Å². The first-order valence-corrected chi connectivity index (χ1v) is 14.8. The molecule has 0 bridgehead atoms. The third-order valence-electron chi connectivity index (χ3n) is 6.97. The molecule has 0 aromatic heterocycles. The summed E-state index contributed by atoms with van der Waals surface area (Å²) in [5.41, 5.74) is 9.67. The zero-order chi connectivity index (χ0) is 23.9. The number of rotatable bonds is 5. The van der Waals surface area contributed by atoms with Crippen LogP contribution in [0.3, 0.4) is 0 Å². The smallest absolute Gasteiger partial charge is 1.00 e. The molecule has 0 fully saturated rings. The summed E-state index contributed by atoms with van der Waals surface area (Å²) in [4.78, 5) is 0. The van der Waals surface area contributed by atoms with Crippen molar-refractivity contribution in [1.82, 2.24) is 0 Å². The molecule has 4 rings (SSSR count). The van der Waals surface area contributed by atoms with Crippen LogP contribution in [0.15, 0.2) is 75.3 Å². The van der Waals surface area contributed by atoms with E-state index in [1.807, 2.05) is 0 Å². The second-order valence-corrected chi connectivity index (χ2v) is 14.6. The monoisotopic (exact) mass is 588 g/mol. The molecule has 0 spiro atoms. The maximum absolute atomic E-state index is 2.50. The molecule has 36 heavy (non-hydrogen) atoms. The minimum absolute atomic E-state index is 0. The molecule has 1 aliphatic rings. The van der Waals surface area contributed by atoms with Gasteiger partial charge in [-0.1, -0.05) is 0 Å². The Hall–Kier alpha value is -1.06. The number of aryl methyl sites for hydroxylation is 6. The Balaban J connectivity index is 0.00000216. The van der Waals surface area contributed by atoms with E-state index in [0.29, 0.717) is 0 Å². The van der Waals surface area contributed by atoms with Crippen LogP contribution in [-0.2, 0) is 20.4 Å². The van der Waals surface area contributed by atoms with Gasteiger partial charge < -0.3 is 37.2 Å². The molecule has 0 unspecified atom stereocenters. The number of hydrogen-bond donors (Lipinski definition) is 0. The molecule has 5 heteroatoms. The molecule has 3 aromatic carbocycles. The van der Waals surface area contributed by atoms with Gasteiger partial charge in [0.2, 0.25) is 0 Å². The van der Waals surface area contributed by atoms with Crippen LogP contribution < -0.4 is 52.8 Å². The van der Waals surface area contributed by atoms with Gasteiger partial charge in [-0.15, -0.1) is 0 Å². The van der Waals surface area contributed by atoms with E-state index >= 15 is 0 Å². The average Bonchev–Trinajstić information content (AvgIpc) is 3.07. The Labute approximate surface area is 249 Å². The Morgan fingerprint density at radius 3 is 1.14 bits per heavy atom. The molecule has 0 amide bonds. The van der Waals surface area contributed by atoms with Gasteiger partial charge in [-0.2, -0.15) is 0 Å². The first-order chi connectivity index (χ1) is 15.6. The van der Waals surface area contributed by atoms with Gasteiger partial charge in [-0.25, -0.2) is 0 Å². The summed E-state index contributed by atoms with van der Waals surface area (Å²) in [5, 5.41) is 6.24. The average molecular weight is 590 g/mol. The summed E-state index contributed by atoms with van der Waals surface area (Å²) >= 11 is 2.38. The predicted molar refractivity (Wildman–Crippen MR) is 142 cm³/mol. The fourth-order valence-electron chi connectivity index (χ4n) is 5.88. The van der Waals surface area contributed by atoms with Crippen LogP contribution in [0.4, 0.5) is 0 Å². The minimum Gasteiger partial charge on any atom is -1.00 e. The van der Waals surface area contributed by atoms with E-state index in [-0.39, 0.29) is 37.2 Å². The van der Waals surface area contributed by atoms with Crippen molar-refractivity contribution >= 4 is 23.6 Å². The van der Waals surface area contributed by atoms with Gasteiger partial charge in [0.05, 0.1) is 0 Å². The van der Waals surface area contributed by atoms with Crippen molar-refractivity contribution in [3.05, 3.63) is 109 Å². The van der Waals surface area contributed by atoms with Crippen molar-refractivity contribution in [2.75, 3.05) is 0 Å². The molecular formula is C31H35Cl3SiTi. The second-order valence-electron chi connectivity index (χ2n) is 10.0. The van der Waals surface area contributed by atoms with Gasteiger partial charge in [0.1, 0.15) is 0 Å². The Bertz CT molecular complexity index is 1120. The maximum atomic E-state index is 2.50. The molecule has 0 aliphatic heterocycles. The zero-order valence-corrected chi connectivity index (χ0v) is 27.2. The topological polar surface area (TPSA) is 0 Å². The molecule has 1 aliphatic carbocycles. The van der Waals surface area contributed by atoms with E-state index in [1.165, 1.54) is 58.4 Å². The largest absolute Gasteiger partial charge is 1.00 e. The van der Waals surface area contributed by atoms with Crippen LogP contribution in [0.25, 0.3) is 0 Å². The number of benzene rings is 3. The quantitative estimate of drug-likeness (QED) is 0.222. The minimum atomic E-state index is -2.47. The summed E-state index contributed by atoms with van der Waals surface area (Å²) < 4.78 is 1.53. The van der Waals surface area contributed by atoms with Crippen molar-refractivity contribution in [2.24, 2.45) is 0 Å². The van der Waals surface area contributed by atoms with Crippen molar-refractivity contribution in [1.29, 1.82) is 0 Å². The molecule has 0 saturated heterocycles. The maximum Gasteiger partial charge on any atom is -1.00 e. The molecule has 188 valence electrons. The number of halogens is 3. The number of hydrogen-bond acceptors (Lipinski definition) is 0. The number of allylic oxidation sites excluding steroid dienone is 4. The third-order valence-corrected chi connectivity index (χ3v) is 13.2. The van der Waals surface area contributed by atoms with Crippen LogP contribution >= 0.6 is 0 Å². The third kappa shape index (κ3) is 6.15. The van der Waals surface area contributed by atoms with Crippen molar-refractivity contribution in [3.8, 4) is 0 Å². The molecule has 0 radical (unpaired) electrons. The van der Waals surface area contributed by atoms with E-state index in [0.717, 1.165) is 12.8 Å². The normalized spacial score (nSPS) is 13.0. The van der Waals surface area contributed by atoms with Crippen LogP contribution in [0.5, 0.6) is 0 Å². The summed E-state index contributed by atoms with van der Waals surface area (Å²) in [6, 6.07) is 21.9. The SMILES string of the molecule is CCC1=CCC([Si](c2cc(C)cc(C)c2)(c2cc(C)cc(C)c2)c2cc(C)cc(C)c2)=[C]1[Ti+3].[Cl-].[Cl-].[Cl-]. The second kappa shape index (κ2) is 13.1. The van der Waals surface area contributed by atoms with E-state index in [1.54, 1.807) is 5.20 Å². The van der Waals surface area contributed by atoms with E-state index in [4.69, 9.17) is 0 Å². The molecule has 0 N–H and O–H groups in total. The molecule has 0 atom stereocenters. The van der Waals surface area contributed by atoms with Crippen molar-refractivity contribution in [3.63, 3.8) is 0 Å². The van der Waals surface area contributed by atoms with Crippen molar-refractivity contribution in [2.45, 2.75) is 61.3 Å². The van der Waals surface area contributed by atoms with Crippen LogP contribution in [0, 0.1) is 41.5 Å². The fraction of sp³-hybridized carbons (Fsp3) is 0.290. The predicted octanol–water partition coefficient (Wildman–Crippen LogP) is -2.90. The Morgan fingerprint density at radius 1 is 0.583 bits per heavy atom. The van der Waals surface area contributed by atoms with Crippen LogP contribution in [0.1, 0.15) is 53.1 Å². The molecule has 0 saturated carbocycles. The van der Waals surface area contributed by atoms with Crippen molar-refractivity contribution < 1.29 is 57.7 Å². The van der Waals surface area contributed by atoms with Gasteiger partial charge in [0, 0.05) is 0 Å². The van der Waals surface area contributed by atoms with Gasteiger partial charge in [-0.05, 0) is 0 Å². The fourth-order valence-corrected chi connectivity index (χ4v) is 13.0. The van der Waals surface area contributed by atoms with Crippen LogP contribution in [0.2, 0.25) is 0 Å². The summed E-state index contributed by atoms with van der Waals surface area (Å²) in [6.45, 7) is 15.8. The Kier molecular flexibility index (Phi) is 12.0. The van der Waals surface area contributed by atoms with E-state index in [2.05, 4.69) is 130 Å². The summed E-state index contributed by atoms with van der Waals surface area (Å²) in [7, 11) is -2.47. The standard InChI is InChI=1S/C31H35Si.3ClH.Ti/c1-8-27-9-10-28(20-27)32(29-14-21(2)11-22(3)15-29,30-16-23(4)12-24(5)17-30)31-18-25(6)13-26(7)19-31;;;;/h9,11-19H,8,10H2,1-7H3;3*1H;/q;;;;+3/p-3. The molecular weight excluding hydrogens is 555 g/mol. The zero-order valence-electron chi connectivity index (χ0n) is 22.3. The van der Waals surface area contributed by atoms with Gasteiger partial charge in [-0.3, -0.25) is 0 Å². The summed E-state index contributed by atoms with van der Waals surface area (Å²) in [6.07, 6.45) is 4.67. The first-order valence-electron chi connectivity index (χ1n) is 12.1.